The fourth-order valence-corrected chi connectivity index (χ4v) is 3.80. The summed E-state index contributed by atoms with van der Waals surface area (Å²) in [6, 6.07) is 6.47. The summed E-state index contributed by atoms with van der Waals surface area (Å²) in [5.74, 6) is 0.259. The van der Waals surface area contributed by atoms with Crippen LogP contribution in [0.1, 0.15) is 50.8 Å². The van der Waals surface area contributed by atoms with Gasteiger partial charge in [-0.25, -0.2) is 0 Å². The van der Waals surface area contributed by atoms with Gasteiger partial charge in [-0.3, -0.25) is 9.88 Å². The highest BCUT2D eigenvalue weighted by Gasteiger charge is 2.45. The minimum Gasteiger partial charge on any atom is -0.347 e. The number of aromatic nitrogens is 1. The third-order valence-corrected chi connectivity index (χ3v) is 5.33. The maximum absolute atomic E-state index is 6.02. The van der Waals surface area contributed by atoms with Crippen LogP contribution in [0, 0.1) is 5.92 Å². The molecule has 1 saturated heterocycles. The SMILES string of the molecule is CC(c1ccccn1)N(C)CCC1CCCCC12OCCO2. The third-order valence-electron chi connectivity index (χ3n) is 5.33. The molecule has 1 aromatic rings. The molecule has 2 unspecified atom stereocenters. The summed E-state index contributed by atoms with van der Waals surface area (Å²) < 4.78 is 12.0. The van der Waals surface area contributed by atoms with Crippen LogP contribution in [0.25, 0.3) is 0 Å². The van der Waals surface area contributed by atoms with Crippen molar-refractivity contribution in [1.29, 1.82) is 0 Å². The smallest absolute Gasteiger partial charge is 0.171 e. The second-order valence-corrected chi connectivity index (χ2v) is 6.65. The molecule has 0 radical (unpaired) electrons. The standard InChI is InChI=1S/C18H28N2O2/c1-15(17-8-4-6-11-19-17)20(2)12-9-16-7-3-5-10-18(16)21-13-14-22-18/h4,6,8,11,15-16H,3,5,7,9-10,12-14H2,1-2H3. The lowest BCUT2D eigenvalue weighted by Gasteiger charge is -2.40. The van der Waals surface area contributed by atoms with E-state index in [0.29, 0.717) is 12.0 Å². The summed E-state index contributed by atoms with van der Waals surface area (Å²) in [5.41, 5.74) is 1.14. The summed E-state index contributed by atoms with van der Waals surface area (Å²) in [6.45, 7) is 4.80. The van der Waals surface area contributed by atoms with Crippen molar-refractivity contribution in [3.05, 3.63) is 30.1 Å². The molecule has 3 rings (SSSR count). The minimum absolute atomic E-state index is 0.271. The Labute approximate surface area is 133 Å². The first-order chi connectivity index (χ1) is 10.7. The van der Waals surface area contributed by atoms with Gasteiger partial charge in [0.2, 0.25) is 0 Å². The molecule has 1 aliphatic heterocycles. The van der Waals surface area contributed by atoms with Gasteiger partial charge in [-0.2, -0.15) is 0 Å². The molecular formula is C18H28N2O2. The number of nitrogens with zero attached hydrogens (tertiary/aromatic N) is 2. The summed E-state index contributed by atoms with van der Waals surface area (Å²) in [5, 5.41) is 0. The van der Waals surface area contributed by atoms with Crippen molar-refractivity contribution in [2.75, 3.05) is 26.8 Å². The monoisotopic (exact) mass is 304 g/mol. The lowest BCUT2D eigenvalue weighted by atomic mass is 9.81. The summed E-state index contributed by atoms with van der Waals surface area (Å²) in [7, 11) is 2.19. The topological polar surface area (TPSA) is 34.6 Å². The molecule has 1 aromatic heterocycles. The van der Waals surface area contributed by atoms with Crippen LogP contribution in [0.4, 0.5) is 0 Å². The molecule has 4 heteroatoms. The first kappa shape index (κ1) is 15.9. The number of hydrogen-bond acceptors (Lipinski definition) is 4. The van der Waals surface area contributed by atoms with Gasteiger partial charge in [0, 0.05) is 24.6 Å². The minimum atomic E-state index is -0.271. The second kappa shape index (κ2) is 7.07. The van der Waals surface area contributed by atoms with Gasteiger partial charge in [-0.15, -0.1) is 0 Å². The number of rotatable bonds is 5. The van der Waals surface area contributed by atoms with Crippen molar-refractivity contribution in [2.24, 2.45) is 5.92 Å². The normalized spacial score (nSPS) is 25.7. The highest BCUT2D eigenvalue weighted by molar-refractivity contribution is 5.07. The van der Waals surface area contributed by atoms with Crippen LogP contribution in [-0.4, -0.2) is 42.5 Å². The Morgan fingerprint density at radius 2 is 2.14 bits per heavy atom. The van der Waals surface area contributed by atoms with Crippen LogP contribution in [0.3, 0.4) is 0 Å². The maximum atomic E-state index is 6.02. The Kier molecular flexibility index (Phi) is 5.11. The quantitative estimate of drug-likeness (QED) is 0.835. The summed E-state index contributed by atoms with van der Waals surface area (Å²) in [6.07, 6.45) is 7.84. The highest BCUT2D eigenvalue weighted by atomic mass is 16.7. The van der Waals surface area contributed by atoms with Crippen molar-refractivity contribution in [3.63, 3.8) is 0 Å². The van der Waals surface area contributed by atoms with E-state index in [1.54, 1.807) is 0 Å². The Morgan fingerprint density at radius 3 is 2.86 bits per heavy atom. The molecule has 2 heterocycles. The lowest BCUT2D eigenvalue weighted by molar-refractivity contribution is -0.214. The number of ether oxygens (including phenoxy) is 2. The van der Waals surface area contributed by atoms with E-state index in [1.807, 2.05) is 12.3 Å². The Morgan fingerprint density at radius 1 is 1.32 bits per heavy atom. The average Bonchev–Trinajstić information content (AvgIpc) is 3.03. The van der Waals surface area contributed by atoms with E-state index in [9.17, 15) is 0 Å². The Hall–Kier alpha value is -0.970. The van der Waals surface area contributed by atoms with E-state index in [1.165, 1.54) is 19.3 Å². The van der Waals surface area contributed by atoms with Crippen LogP contribution in [0.2, 0.25) is 0 Å². The van der Waals surface area contributed by atoms with E-state index in [0.717, 1.165) is 38.3 Å². The molecule has 22 heavy (non-hydrogen) atoms. The highest BCUT2D eigenvalue weighted by Crippen LogP contribution is 2.42. The van der Waals surface area contributed by atoms with Crippen LogP contribution < -0.4 is 0 Å². The van der Waals surface area contributed by atoms with Crippen LogP contribution in [0.15, 0.2) is 24.4 Å². The molecule has 4 nitrogen and oxygen atoms in total. The number of hydrogen-bond donors (Lipinski definition) is 0. The van der Waals surface area contributed by atoms with E-state index in [-0.39, 0.29) is 5.79 Å². The molecule has 122 valence electrons. The first-order valence-electron chi connectivity index (χ1n) is 8.60. The molecule has 1 saturated carbocycles. The first-order valence-corrected chi connectivity index (χ1v) is 8.60. The number of pyridine rings is 1. The predicted molar refractivity (Wildman–Crippen MR) is 86.5 cm³/mol. The van der Waals surface area contributed by atoms with Crippen molar-refractivity contribution in [2.45, 2.75) is 50.9 Å². The zero-order valence-corrected chi connectivity index (χ0v) is 13.8. The fourth-order valence-electron chi connectivity index (χ4n) is 3.80. The summed E-state index contributed by atoms with van der Waals surface area (Å²) >= 11 is 0. The molecule has 1 aliphatic carbocycles. The molecule has 0 aromatic carbocycles. The van der Waals surface area contributed by atoms with E-state index in [4.69, 9.17) is 9.47 Å². The van der Waals surface area contributed by atoms with Crippen LogP contribution in [0.5, 0.6) is 0 Å². The molecular weight excluding hydrogens is 276 g/mol. The van der Waals surface area contributed by atoms with Gasteiger partial charge in [0.25, 0.3) is 0 Å². The van der Waals surface area contributed by atoms with E-state index < -0.39 is 0 Å². The second-order valence-electron chi connectivity index (χ2n) is 6.65. The summed E-state index contributed by atoms with van der Waals surface area (Å²) in [4.78, 5) is 6.86. The third kappa shape index (κ3) is 3.34. The lowest BCUT2D eigenvalue weighted by Crippen LogP contribution is -2.43. The van der Waals surface area contributed by atoms with Crippen molar-refractivity contribution in [1.82, 2.24) is 9.88 Å². The molecule has 2 aliphatic rings. The molecule has 0 N–H and O–H groups in total. The van der Waals surface area contributed by atoms with Crippen LogP contribution >= 0.6 is 0 Å². The van der Waals surface area contributed by atoms with Crippen molar-refractivity contribution < 1.29 is 9.47 Å². The van der Waals surface area contributed by atoms with Crippen LogP contribution in [-0.2, 0) is 9.47 Å². The van der Waals surface area contributed by atoms with Crippen molar-refractivity contribution >= 4 is 0 Å². The largest absolute Gasteiger partial charge is 0.347 e. The van der Waals surface area contributed by atoms with Gasteiger partial charge < -0.3 is 9.47 Å². The van der Waals surface area contributed by atoms with Gasteiger partial charge in [-0.1, -0.05) is 12.5 Å². The molecule has 0 amide bonds. The Bertz CT molecular complexity index is 459. The predicted octanol–water partition coefficient (Wildman–Crippen LogP) is 3.40. The van der Waals surface area contributed by atoms with Crippen molar-refractivity contribution in [3.8, 4) is 0 Å². The van der Waals surface area contributed by atoms with Gasteiger partial charge in [0.15, 0.2) is 5.79 Å². The average molecular weight is 304 g/mol. The van der Waals surface area contributed by atoms with Gasteiger partial charge >= 0.3 is 0 Å². The fraction of sp³-hybridized carbons (Fsp3) is 0.722. The zero-order valence-electron chi connectivity index (χ0n) is 13.8. The van der Waals surface area contributed by atoms with Gasteiger partial charge in [0.05, 0.1) is 18.9 Å². The zero-order chi connectivity index (χ0) is 15.4. The molecule has 2 fully saturated rings. The van der Waals surface area contributed by atoms with Gasteiger partial charge in [-0.05, 0) is 51.9 Å². The molecule has 2 atom stereocenters. The Balaban J connectivity index is 1.56. The van der Waals surface area contributed by atoms with E-state index in [2.05, 4.69) is 36.0 Å². The van der Waals surface area contributed by atoms with Gasteiger partial charge in [0.1, 0.15) is 0 Å². The molecule has 0 bridgehead atoms. The molecule has 1 spiro atoms. The maximum Gasteiger partial charge on any atom is 0.171 e. The van der Waals surface area contributed by atoms with E-state index >= 15 is 0 Å².